The van der Waals surface area contributed by atoms with Crippen LogP contribution in [0.4, 0.5) is 0 Å². The first-order valence-electron chi connectivity index (χ1n) is 5.68. The first-order valence-corrected chi connectivity index (χ1v) is 5.68. The predicted octanol–water partition coefficient (Wildman–Crippen LogP) is 1.91. The number of rotatable bonds is 6. The van der Waals surface area contributed by atoms with E-state index in [4.69, 9.17) is 9.47 Å². The van der Waals surface area contributed by atoms with E-state index in [2.05, 4.69) is 5.32 Å². The summed E-state index contributed by atoms with van der Waals surface area (Å²) in [6.45, 7) is 4.45. The highest BCUT2D eigenvalue weighted by molar-refractivity contribution is 5.77. The molecule has 4 nitrogen and oxygen atoms in total. The van der Waals surface area contributed by atoms with Crippen LogP contribution in [0.2, 0.25) is 0 Å². The maximum absolute atomic E-state index is 11.4. The third kappa shape index (κ3) is 4.44. The Morgan fingerprint density at radius 2 is 2.00 bits per heavy atom. The van der Waals surface area contributed by atoms with Gasteiger partial charge in [0.05, 0.1) is 13.2 Å². The summed E-state index contributed by atoms with van der Waals surface area (Å²) in [4.78, 5) is 11.4. The maximum atomic E-state index is 11.4. The van der Waals surface area contributed by atoms with Crippen LogP contribution < -0.4 is 10.1 Å². The average molecular weight is 237 g/mol. The van der Waals surface area contributed by atoms with E-state index in [1.165, 1.54) is 0 Å². The van der Waals surface area contributed by atoms with E-state index in [9.17, 15) is 4.79 Å². The molecule has 0 heterocycles. The lowest BCUT2D eigenvalue weighted by Crippen LogP contribution is -2.30. The smallest absolute Gasteiger partial charge is 0.246 e. The molecular formula is C13H19NO3. The van der Waals surface area contributed by atoms with Gasteiger partial charge in [0.15, 0.2) is 0 Å². The molecule has 0 aliphatic heterocycles. The molecule has 0 aliphatic carbocycles. The number of hydrogen-bond acceptors (Lipinski definition) is 3. The molecule has 0 radical (unpaired) electrons. The van der Waals surface area contributed by atoms with Crippen molar-refractivity contribution in [1.29, 1.82) is 0 Å². The number of nitrogens with one attached hydrogen (secondary N) is 1. The van der Waals surface area contributed by atoms with Crippen molar-refractivity contribution in [1.82, 2.24) is 5.32 Å². The summed E-state index contributed by atoms with van der Waals surface area (Å²) < 4.78 is 10.1. The molecule has 0 saturated carbocycles. The minimum atomic E-state index is -0.102. The number of methoxy groups -OCH3 is 1. The van der Waals surface area contributed by atoms with Crippen LogP contribution in [0.15, 0.2) is 24.3 Å². The molecule has 0 fully saturated rings. The molecule has 1 rings (SSSR count). The molecule has 0 spiro atoms. The van der Waals surface area contributed by atoms with Gasteiger partial charge in [-0.3, -0.25) is 4.79 Å². The maximum Gasteiger partial charge on any atom is 0.246 e. The van der Waals surface area contributed by atoms with Crippen LogP contribution in [0.1, 0.15) is 25.5 Å². The molecule has 1 aromatic carbocycles. The van der Waals surface area contributed by atoms with Crippen LogP contribution in [0.5, 0.6) is 5.75 Å². The molecular weight excluding hydrogens is 218 g/mol. The Hall–Kier alpha value is -1.55. The largest absolute Gasteiger partial charge is 0.497 e. The van der Waals surface area contributed by atoms with Crippen molar-refractivity contribution in [2.45, 2.75) is 19.9 Å². The molecule has 1 unspecified atom stereocenters. The van der Waals surface area contributed by atoms with Gasteiger partial charge in [-0.25, -0.2) is 0 Å². The molecule has 0 aromatic heterocycles. The lowest BCUT2D eigenvalue weighted by atomic mass is 10.1. The lowest BCUT2D eigenvalue weighted by molar-refractivity contribution is -0.126. The number of amides is 1. The van der Waals surface area contributed by atoms with Crippen molar-refractivity contribution in [3.63, 3.8) is 0 Å². The third-order valence-corrected chi connectivity index (χ3v) is 2.43. The van der Waals surface area contributed by atoms with Crippen molar-refractivity contribution in [3.05, 3.63) is 29.8 Å². The first kappa shape index (κ1) is 13.5. The highest BCUT2D eigenvalue weighted by Gasteiger charge is 2.09. The Kier molecular flexibility index (Phi) is 5.49. The van der Waals surface area contributed by atoms with Crippen molar-refractivity contribution in [2.75, 3.05) is 20.3 Å². The van der Waals surface area contributed by atoms with Crippen LogP contribution in [0, 0.1) is 0 Å². The normalized spacial score (nSPS) is 11.9. The van der Waals surface area contributed by atoms with Crippen LogP contribution >= 0.6 is 0 Å². The molecule has 17 heavy (non-hydrogen) atoms. The van der Waals surface area contributed by atoms with E-state index >= 15 is 0 Å². The van der Waals surface area contributed by atoms with Crippen molar-refractivity contribution < 1.29 is 14.3 Å². The monoisotopic (exact) mass is 237 g/mol. The molecule has 1 aromatic rings. The Labute approximate surface area is 102 Å². The van der Waals surface area contributed by atoms with Crippen molar-refractivity contribution in [2.24, 2.45) is 0 Å². The van der Waals surface area contributed by atoms with Gasteiger partial charge in [0, 0.05) is 6.61 Å². The van der Waals surface area contributed by atoms with Gasteiger partial charge in [0.2, 0.25) is 5.91 Å². The van der Waals surface area contributed by atoms with E-state index < -0.39 is 0 Å². The quantitative estimate of drug-likeness (QED) is 0.822. The zero-order valence-electron chi connectivity index (χ0n) is 10.5. The minimum Gasteiger partial charge on any atom is -0.497 e. The second kappa shape index (κ2) is 6.91. The Morgan fingerprint density at radius 3 is 2.53 bits per heavy atom. The average Bonchev–Trinajstić information content (AvgIpc) is 2.36. The summed E-state index contributed by atoms with van der Waals surface area (Å²) in [5, 5.41) is 2.86. The second-order valence-electron chi connectivity index (χ2n) is 3.70. The summed E-state index contributed by atoms with van der Waals surface area (Å²) in [6, 6.07) is 7.59. The highest BCUT2D eigenvalue weighted by Crippen LogP contribution is 2.16. The van der Waals surface area contributed by atoms with Gasteiger partial charge in [-0.2, -0.15) is 0 Å². The first-order chi connectivity index (χ1) is 8.17. The van der Waals surface area contributed by atoms with Crippen molar-refractivity contribution in [3.8, 4) is 5.75 Å². The van der Waals surface area contributed by atoms with Gasteiger partial charge in [0.1, 0.15) is 12.4 Å². The standard InChI is InChI=1S/C13H19NO3/c1-4-17-9-13(15)14-10(2)11-5-7-12(16-3)8-6-11/h5-8,10H,4,9H2,1-3H3,(H,14,15). The summed E-state index contributed by atoms with van der Waals surface area (Å²) in [5.74, 6) is 0.705. The molecule has 0 aliphatic rings. The van der Waals surface area contributed by atoms with E-state index in [1.54, 1.807) is 7.11 Å². The zero-order valence-corrected chi connectivity index (χ0v) is 10.5. The number of carbonyl (C=O) groups is 1. The Balaban J connectivity index is 2.51. The van der Waals surface area contributed by atoms with Crippen molar-refractivity contribution >= 4 is 5.91 Å². The van der Waals surface area contributed by atoms with Crippen LogP contribution in [-0.4, -0.2) is 26.2 Å². The second-order valence-corrected chi connectivity index (χ2v) is 3.70. The van der Waals surface area contributed by atoms with Gasteiger partial charge in [-0.1, -0.05) is 12.1 Å². The molecule has 1 amide bonds. The summed E-state index contributed by atoms with van der Waals surface area (Å²) in [6.07, 6.45) is 0. The van der Waals surface area contributed by atoms with Crippen LogP contribution in [0.25, 0.3) is 0 Å². The molecule has 94 valence electrons. The topological polar surface area (TPSA) is 47.6 Å². The fourth-order valence-electron chi connectivity index (χ4n) is 1.45. The van der Waals surface area contributed by atoms with Crippen LogP contribution in [0.3, 0.4) is 0 Å². The molecule has 1 atom stereocenters. The number of carbonyl (C=O) groups excluding carboxylic acids is 1. The van der Waals surface area contributed by atoms with E-state index in [0.717, 1.165) is 11.3 Å². The van der Waals surface area contributed by atoms with E-state index in [-0.39, 0.29) is 18.6 Å². The number of hydrogen-bond donors (Lipinski definition) is 1. The van der Waals surface area contributed by atoms with E-state index in [0.29, 0.717) is 6.61 Å². The Morgan fingerprint density at radius 1 is 1.35 bits per heavy atom. The zero-order chi connectivity index (χ0) is 12.7. The SMILES string of the molecule is CCOCC(=O)NC(C)c1ccc(OC)cc1. The molecule has 0 saturated heterocycles. The Bertz CT molecular complexity index is 348. The van der Waals surface area contributed by atoms with E-state index in [1.807, 2.05) is 38.1 Å². The van der Waals surface area contributed by atoms with Gasteiger partial charge in [0.25, 0.3) is 0 Å². The fourth-order valence-corrected chi connectivity index (χ4v) is 1.45. The summed E-state index contributed by atoms with van der Waals surface area (Å²) in [7, 11) is 1.63. The molecule has 0 bridgehead atoms. The van der Waals surface area contributed by atoms with Gasteiger partial charge in [-0.05, 0) is 31.5 Å². The predicted molar refractivity (Wildman–Crippen MR) is 66.0 cm³/mol. The van der Waals surface area contributed by atoms with Gasteiger partial charge >= 0.3 is 0 Å². The minimum absolute atomic E-state index is 0.0335. The number of ether oxygens (including phenoxy) is 2. The third-order valence-electron chi connectivity index (χ3n) is 2.43. The summed E-state index contributed by atoms with van der Waals surface area (Å²) in [5.41, 5.74) is 1.04. The highest BCUT2D eigenvalue weighted by atomic mass is 16.5. The van der Waals surface area contributed by atoms with Gasteiger partial charge in [-0.15, -0.1) is 0 Å². The fraction of sp³-hybridized carbons (Fsp3) is 0.462. The molecule has 4 heteroatoms. The van der Waals surface area contributed by atoms with Crippen LogP contribution in [-0.2, 0) is 9.53 Å². The summed E-state index contributed by atoms with van der Waals surface area (Å²) >= 11 is 0. The molecule has 1 N–H and O–H groups in total. The van der Waals surface area contributed by atoms with Gasteiger partial charge < -0.3 is 14.8 Å². The lowest BCUT2D eigenvalue weighted by Gasteiger charge is -2.14. The number of benzene rings is 1.